The van der Waals surface area contributed by atoms with Gasteiger partial charge in [0.15, 0.2) is 0 Å². The fourth-order valence-electron chi connectivity index (χ4n) is 2.88. The number of nitrogens with zero attached hydrogens (tertiary/aromatic N) is 2. The summed E-state index contributed by atoms with van der Waals surface area (Å²) >= 11 is 1.79. The Balaban J connectivity index is 1.98. The molecule has 0 saturated carbocycles. The average Bonchev–Trinajstić information content (AvgIpc) is 2.75. The topological polar surface area (TPSA) is 28.2 Å². The Morgan fingerprint density at radius 2 is 2.28 bits per heavy atom. The maximum Gasteiger partial charge on any atom is 0.0798 e. The molecule has 4 heteroatoms. The first-order valence-corrected chi connectivity index (χ1v) is 7.87. The van der Waals surface area contributed by atoms with Crippen LogP contribution in [0.1, 0.15) is 37.8 Å². The molecule has 0 bridgehead atoms. The van der Waals surface area contributed by atoms with Gasteiger partial charge < -0.3 is 5.32 Å². The van der Waals surface area contributed by atoms with E-state index in [1.807, 2.05) is 5.51 Å². The van der Waals surface area contributed by atoms with Crippen molar-refractivity contribution in [3.05, 3.63) is 16.1 Å². The second-order valence-corrected chi connectivity index (χ2v) is 6.32. The van der Waals surface area contributed by atoms with Crippen LogP contribution in [0, 0.1) is 12.8 Å². The number of thiazole rings is 1. The van der Waals surface area contributed by atoms with Gasteiger partial charge in [0.2, 0.25) is 0 Å². The number of aromatic nitrogens is 1. The summed E-state index contributed by atoms with van der Waals surface area (Å²) in [7, 11) is 0. The van der Waals surface area contributed by atoms with Gasteiger partial charge in [-0.25, -0.2) is 4.98 Å². The minimum atomic E-state index is 0.643. The molecule has 1 saturated heterocycles. The van der Waals surface area contributed by atoms with Crippen LogP contribution in [0.2, 0.25) is 0 Å². The third-order valence-electron chi connectivity index (χ3n) is 4.36. The normalized spacial score (nSPS) is 29.7. The highest BCUT2D eigenvalue weighted by Gasteiger charge is 2.32. The van der Waals surface area contributed by atoms with Gasteiger partial charge in [0.05, 0.1) is 11.2 Å². The molecular weight excluding hydrogens is 242 g/mol. The summed E-state index contributed by atoms with van der Waals surface area (Å²) in [6, 6.07) is 1.33. The summed E-state index contributed by atoms with van der Waals surface area (Å²) in [5.74, 6) is 0.715. The zero-order valence-electron chi connectivity index (χ0n) is 11.9. The molecule has 3 unspecified atom stereocenters. The fraction of sp³-hybridized carbons (Fsp3) is 0.786. The summed E-state index contributed by atoms with van der Waals surface area (Å²) in [4.78, 5) is 8.39. The Hall–Kier alpha value is -0.450. The summed E-state index contributed by atoms with van der Waals surface area (Å²) < 4.78 is 0. The van der Waals surface area contributed by atoms with E-state index in [-0.39, 0.29) is 0 Å². The van der Waals surface area contributed by atoms with Crippen molar-refractivity contribution < 1.29 is 0 Å². The van der Waals surface area contributed by atoms with Crippen LogP contribution in [0.15, 0.2) is 5.51 Å². The Bertz CT molecular complexity index is 377. The Morgan fingerprint density at radius 1 is 1.50 bits per heavy atom. The van der Waals surface area contributed by atoms with Crippen LogP contribution >= 0.6 is 11.3 Å². The van der Waals surface area contributed by atoms with Crippen molar-refractivity contribution in [3.8, 4) is 0 Å². The average molecular weight is 267 g/mol. The Morgan fingerprint density at radius 3 is 2.89 bits per heavy atom. The van der Waals surface area contributed by atoms with E-state index < -0.39 is 0 Å². The molecule has 2 heterocycles. The minimum Gasteiger partial charge on any atom is -0.314 e. The van der Waals surface area contributed by atoms with E-state index in [0.717, 1.165) is 13.1 Å². The first kappa shape index (κ1) is 14.0. The van der Waals surface area contributed by atoms with Gasteiger partial charge in [-0.3, -0.25) is 4.90 Å². The van der Waals surface area contributed by atoms with E-state index in [0.29, 0.717) is 18.0 Å². The molecule has 1 N–H and O–H groups in total. The van der Waals surface area contributed by atoms with Gasteiger partial charge in [-0.15, -0.1) is 11.3 Å². The lowest BCUT2D eigenvalue weighted by atomic mass is 9.87. The number of hydrogen-bond acceptors (Lipinski definition) is 4. The highest BCUT2D eigenvalue weighted by Crippen LogP contribution is 2.26. The number of hydrogen-bond donors (Lipinski definition) is 1. The van der Waals surface area contributed by atoms with Gasteiger partial charge in [0.1, 0.15) is 0 Å². The van der Waals surface area contributed by atoms with Crippen molar-refractivity contribution in [2.45, 2.75) is 52.7 Å². The van der Waals surface area contributed by atoms with Crippen LogP contribution in [0.25, 0.3) is 0 Å². The molecule has 0 radical (unpaired) electrons. The molecule has 102 valence electrons. The summed E-state index contributed by atoms with van der Waals surface area (Å²) in [5.41, 5.74) is 3.16. The molecule has 3 nitrogen and oxygen atoms in total. The number of rotatable bonds is 4. The minimum absolute atomic E-state index is 0.643. The standard InChI is InChI=1S/C14H25N3S/c1-5-15-13-6-7-17(12(4)10(13)2)8-14-11(3)16-9-18-14/h9-10,12-13,15H,5-8H2,1-4H3. The molecule has 1 aromatic rings. The molecule has 1 aliphatic heterocycles. The van der Waals surface area contributed by atoms with Crippen molar-refractivity contribution in [3.63, 3.8) is 0 Å². The number of aryl methyl sites for hydroxylation is 1. The predicted molar refractivity (Wildman–Crippen MR) is 78.0 cm³/mol. The SMILES string of the molecule is CCNC1CCN(Cc2scnc2C)C(C)C1C. The highest BCUT2D eigenvalue weighted by atomic mass is 32.1. The zero-order chi connectivity index (χ0) is 13.1. The van der Waals surface area contributed by atoms with Crippen molar-refractivity contribution in [1.82, 2.24) is 15.2 Å². The maximum absolute atomic E-state index is 4.35. The number of nitrogens with one attached hydrogen (secondary N) is 1. The van der Waals surface area contributed by atoms with E-state index in [1.165, 1.54) is 23.5 Å². The monoisotopic (exact) mass is 267 g/mol. The van der Waals surface area contributed by atoms with E-state index in [4.69, 9.17) is 0 Å². The first-order chi connectivity index (χ1) is 8.63. The lowest BCUT2D eigenvalue weighted by Gasteiger charge is -2.43. The van der Waals surface area contributed by atoms with E-state index in [2.05, 4.69) is 42.9 Å². The van der Waals surface area contributed by atoms with Crippen LogP contribution in [0.5, 0.6) is 0 Å². The third kappa shape index (κ3) is 2.92. The zero-order valence-corrected chi connectivity index (χ0v) is 12.8. The van der Waals surface area contributed by atoms with Gasteiger partial charge >= 0.3 is 0 Å². The van der Waals surface area contributed by atoms with Gasteiger partial charge in [-0.2, -0.15) is 0 Å². The number of likely N-dealkylation sites (tertiary alicyclic amines) is 1. The lowest BCUT2D eigenvalue weighted by molar-refractivity contribution is 0.0797. The second kappa shape index (κ2) is 6.13. The number of piperidine rings is 1. The third-order valence-corrected chi connectivity index (χ3v) is 5.28. The molecular formula is C14H25N3S. The molecule has 0 spiro atoms. The summed E-state index contributed by atoms with van der Waals surface area (Å²) in [6.45, 7) is 12.4. The van der Waals surface area contributed by atoms with Gasteiger partial charge in [0, 0.05) is 30.1 Å². The molecule has 0 aromatic carbocycles. The highest BCUT2D eigenvalue weighted by molar-refractivity contribution is 7.09. The van der Waals surface area contributed by atoms with Crippen LogP contribution in [-0.4, -0.2) is 35.1 Å². The van der Waals surface area contributed by atoms with E-state index >= 15 is 0 Å². The molecule has 0 amide bonds. The van der Waals surface area contributed by atoms with Gasteiger partial charge in [-0.05, 0) is 32.7 Å². The molecule has 1 aromatic heterocycles. The van der Waals surface area contributed by atoms with E-state index in [1.54, 1.807) is 11.3 Å². The van der Waals surface area contributed by atoms with Gasteiger partial charge in [-0.1, -0.05) is 13.8 Å². The largest absolute Gasteiger partial charge is 0.314 e. The molecule has 0 aliphatic carbocycles. The van der Waals surface area contributed by atoms with Gasteiger partial charge in [0.25, 0.3) is 0 Å². The smallest absolute Gasteiger partial charge is 0.0798 e. The van der Waals surface area contributed by atoms with Crippen molar-refractivity contribution in [1.29, 1.82) is 0 Å². The lowest BCUT2D eigenvalue weighted by Crippen LogP contribution is -2.52. The second-order valence-electron chi connectivity index (χ2n) is 5.38. The summed E-state index contributed by atoms with van der Waals surface area (Å²) in [6.07, 6.45) is 1.26. The summed E-state index contributed by atoms with van der Waals surface area (Å²) in [5, 5.41) is 3.62. The quantitative estimate of drug-likeness (QED) is 0.909. The maximum atomic E-state index is 4.35. The van der Waals surface area contributed by atoms with Crippen molar-refractivity contribution in [2.24, 2.45) is 5.92 Å². The van der Waals surface area contributed by atoms with Crippen molar-refractivity contribution in [2.75, 3.05) is 13.1 Å². The first-order valence-electron chi connectivity index (χ1n) is 6.99. The molecule has 1 aliphatic rings. The molecule has 1 fully saturated rings. The molecule has 2 rings (SSSR count). The molecule has 18 heavy (non-hydrogen) atoms. The molecule has 3 atom stereocenters. The predicted octanol–water partition coefficient (Wildman–Crippen LogP) is 2.66. The Labute approximate surface area is 115 Å². The fourth-order valence-corrected chi connectivity index (χ4v) is 3.68. The Kier molecular flexibility index (Phi) is 4.76. The van der Waals surface area contributed by atoms with Crippen LogP contribution in [-0.2, 0) is 6.54 Å². The van der Waals surface area contributed by atoms with Crippen molar-refractivity contribution >= 4 is 11.3 Å². The van der Waals surface area contributed by atoms with Crippen LogP contribution in [0.3, 0.4) is 0 Å². The van der Waals surface area contributed by atoms with Crippen LogP contribution < -0.4 is 5.32 Å². The van der Waals surface area contributed by atoms with Crippen LogP contribution in [0.4, 0.5) is 0 Å². The van der Waals surface area contributed by atoms with E-state index in [9.17, 15) is 0 Å².